The molecule has 4 nitrogen and oxygen atoms in total. The highest BCUT2D eigenvalue weighted by molar-refractivity contribution is 7.12. The molecule has 0 spiro atoms. The van der Waals surface area contributed by atoms with Crippen molar-refractivity contribution >= 4 is 17.2 Å². The number of carbonyl (C=O) groups is 1. The Bertz CT molecular complexity index is 460. The molecule has 2 N–H and O–H groups in total. The fourth-order valence-corrected chi connectivity index (χ4v) is 4.41. The lowest BCUT2D eigenvalue weighted by molar-refractivity contribution is 0.0775. The zero-order valence-electron chi connectivity index (χ0n) is 13.2. The Morgan fingerprint density at radius 3 is 3.00 bits per heavy atom. The molecule has 3 heterocycles. The fourth-order valence-electron chi connectivity index (χ4n) is 3.77. The first-order chi connectivity index (χ1) is 10.8. The summed E-state index contributed by atoms with van der Waals surface area (Å²) in [6, 6.07) is 5.20. The summed E-state index contributed by atoms with van der Waals surface area (Å²) in [6.45, 7) is 4.34. The molecule has 0 bridgehead atoms. The van der Waals surface area contributed by atoms with Crippen LogP contribution >= 0.6 is 11.3 Å². The number of rotatable bonds is 6. The standard InChI is InChI=1S/C17H27N3OS/c21-17(16-8-4-13-22-16)19-10-5-9-18-14-6-3-12-20-11-2-1-7-15(14)20/h4,8,13-15,18H,1-3,5-7,9-12H2,(H,19,21). The molecule has 0 radical (unpaired) electrons. The van der Waals surface area contributed by atoms with Gasteiger partial charge in [-0.05, 0) is 63.2 Å². The summed E-state index contributed by atoms with van der Waals surface area (Å²) < 4.78 is 0. The molecular weight excluding hydrogens is 294 g/mol. The number of nitrogens with one attached hydrogen (secondary N) is 2. The molecule has 2 unspecified atom stereocenters. The van der Waals surface area contributed by atoms with Crippen molar-refractivity contribution in [1.29, 1.82) is 0 Å². The van der Waals surface area contributed by atoms with Crippen LogP contribution in [0.4, 0.5) is 0 Å². The maximum atomic E-state index is 11.8. The predicted octanol–water partition coefficient (Wildman–Crippen LogP) is 2.47. The van der Waals surface area contributed by atoms with Crippen molar-refractivity contribution in [3.63, 3.8) is 0 Å². The van der Waals surface area contributed by atoms with Gasteiger partial charge in [-0.1, -0.05) is 12.5 Å². The number of carbonyl (C=O) groups excluding carboxylic acids is 1. The highest BCUT2D eigenvalue weighted by atomic mass is 32.1. The number of hydrogen-bond acceptors (Lipinski definition) is 4. The summed E-state index contributed by atoms with van der Waals surface area (Å²) in [6.07, 6.45) is 7.74. The molecule has 1 amide bonds. The Hall–Kier alpha value is -0.910. The third-order valence-electron chi connectivity index (χ3n) is 4.88. The predicted molar refractivity (Wildman–Crippen MR) is 91.5 cm³/mol. The molecule has 2 saturated heterocycles. The molecule has 0 aliphatic carbocycles. The van der Waals surface area contributed by atoms with E-state index in [-0.39, 0.29) is 5.91 Å². The van der Waals surface area contributed by atoms with Crippen molar-refractivity contribution < 1.29 is 4.79 Å². The van der Waals surface area contributed by atoms with Crippen LogP contribution in [0.2, 0.25) is 0 Å². The van der Waals surface area contributed by atoms with E-state index >= 15 is 0 Å². The van der Waals surface area contributed by atoms with E-state index < -0.39 is 0 Å². The third-order valence-corrected chi connectivity index (χ3v) is 5.75. The van der Waals surface area contributed by atoms with E-state index in [1.165, 1.54) is 56.5 Å². The van der Waals surface area contributed by atoms with Crippen LogP contribution in [0.3, 0.4) is 0 Å². The maximum absolute atomic E-state index is 11.8. The van der Waals surface area contributed by atoms with E-state index in [2.05, 4.69) is 15.5 Å². The quantitative estimate of drug-likeness (QED) is 0.791. The first-order valence-electron chi connectivity index (χ1n) is 8.64. The molecule has 0 saturated carbocycles. The smallest absolute Gasteiger partial charge is 0.261 e. The van der Waals surface area contributed by atoms with Crippen molar-refractivity contribution in [3.05, 3.63) is 22.4 Å². The van der Waals surface area contributed by atoms with Gasteiger partial charge >= 0.3 is 0 Å². The first kappa shape index (κ1) is 16.0. The van der Waals surface area contributed by atoms with Crippen molar-refractivity contribution in [2.45, 2.75) is 50.6 Å². The molecule has 0 aromatic carbocycles. The van der Waals surface area contributed by atoms with Gasteiger partial charge in [-0.2, -0.15) is 0 Å². The number of thiophene rings is 1. The second kappa shape index (κ2) is 8.09. The highest BCUT2D eigenvalue weighted by Crippen LogP contribution is 2.26. The van der Waals surface area contributed by atoms with Gasteiger partial charge in [0.25, 0.3) is 5.91 Å². The molecular formula is C17H27N3OS. The van der Waals surface area contributed by atoms with Crippen LogP contribution in [-0.4, -0.2) is 49.1 Å². The fraction of sp³-hybridized carbons (Fsp3) is 0.706. The van der Waals surface area contributed by atoms with E-state index in [4.69, 9.17) is 0 Å². The Morgan fingerprint density at radius 1 is 1.23 bits per heavy atom. The molecule has 5 heteroatoms. The van der Waals surface area contributed by atoms with E-state index in [1.54, 1.807) is 0 Å². The topological polar surface area (TPSA) is 44.4 Å². The molecule has 3 rings (SSSR count). The molecule has 2 aliphatic rings. The van der Waals surface area contributed by atoms with Gasteiger partial charge in [0.1, 0.15) is 0 Å². The lowest BCUT2D eigenvalue weighted by Gasteiger charge is -2.44. The van der Waals surface area contributed by atoms with Gasteiger partial charge in [0.15, 0.2) is 0 Å². The summed E-state index contributed by atoms with van der Waals surface area (Å²) in [5, 5.41) is 8.68. The maximum Gasteiger partial charge on any atom is 0.261 e. The summed E-state index contributed by atoms with van der Waals surface area (Å²) >= 11 is 1.50. The lowest BCUT2D eigenvalue weighted by atomic mass is 9.89. The van der Waals surface area contributed by atoms with Crippen LogP contribution in [0.15, 0.2) is 17.5 Å². The first-order valence-corrected chi connectivity index (χ1v) is 9.52. The third kappa shape index (κ3) is 4.09. The molecule has 1 aromatic rings. The van der Waals surface area contributed by atoms with Crippen molar-refractivity contribution in [1.82, 2.24) is 15.5 Å². The Morgan fingerprint density at radius 2 is 2.14 bits per heavy atom. The Labute approximate surface area is 137 Å². The van der Waals surface area contributed by atoms with Gasteiger partial charge in [-0.15, -0.1) is 11.3 Å². The molecule has 2 aliphatic heterocycles. The SMILES string of the molecule is O=C(NCCCNC1CCCN2CCCCC12)c1cccs1. The van der Waals surface area contributed by atoms with Crippen molar-refractivity contribution in [3.8, 4) is 0 Å². The summed E-state index contributed by atoms with van der Waals surface area (Å²) in [5.41, 5.74) is 0. The van der Waals surface area contributed by atoms with Crippen molar-refractivity contribution in [2.75, 3.05) is 26.2 Å². The number of hydrogen-bond donors (Lipinski definition) is 2. The number of fused-ring (bicyclic) bond motifs is 1. The molecule has 2 fully saturated rings. The number of nitrogens with zero attached hydrogens (tertiary/aromatic N) is 1. The number of amides is 1. The van der Waals surface area contributed by atoms with Gasteiger partial charge in [0.05, 0.1) is 4.88 Å². The second-order valence-corrected chi connectivity index (χ2v) is 7.34. The van der Waals surface area contributed by atoms with Crippen LogP contribution in [0.1, 0.15) is 48.2 Å². The Balaban J connectivity index is 1.33. The van der Waals surface area contributed by atoms with Gasteiger partial charge < -0.3 is 10.6 Å². The van der Waals surface area contributed by atoms with E-state index in [9.17, 15) is 4.79 Å². The summed E-state index contributed by atoms with van der Waals surface area (Å²) in [5.74, 6) is 0.0612. The highest BCUT2D eigenvalue weighted by Gasteiger charge is 2.32. The average Bonchev–Trinajstić information content (AvgIpc) is 3.09. The van der Waals surface area contributed by atoms with Crippen molar-refractivity contribution in [2.24, 2.45) is 0 Å². The van der Waals surface area contributed by atoms with Crippen LogP contribution in [0, 0.1) is 0 Å². The van der Waals surface area contributed by atoms with Gasteiger partial charge in [-0.3, -0.25) is 9.69 Å². The lowest BCUT2D eigenvalue weighted by Crippen LogP contribution is -2.55. The second-order valence-electron chi connectivity index (χ2n) is 6.39. The van der Waals surface area contributed by atoms with Crippen LogP contribution in [0.5, 0.6) is 0 Å². The van der Waals surface area contributed by atoms with E-state index in [0.29, 0.717) is 6.04 Å². The normalized spacial score (nSPS) is 25.6. The zero-order valence-corrected chi connectivity index (χ0v) is 14.0. The monoisotopic (exact) mass is 321 g/mol. The molecule has 122 valence electrons. The molecule has 22 heavy (non-hydrogen) atoms. The van der Waals surface area contributed by atoms with Gasteiger partial charge in [0, 0.05) is 18.6 Å². The van der Waals surface area contributed by atoms with Crippen LogP contribution in [-0.2, 0) is 0 Å². The average molecular weight is 321 g/mol. The molecule has 1 aromatic heterocycles. The van der Waals surface area contributed by atoms with E-state index in [0.717, 1.165) is 30.4 Å². The summed E-state index contributed by atoms with van der Waals surface area (Å²) in [7, 11) is 0. The van der Waals surface area contributed by atoms with Gasteiger partial charge in [-0.25, -0.2) is 0 Å². The summed E-state index contributed by atoms with van der Waals surface area (Å²) in [4.78, 5) is 15.3. The van der Waals surface area contributed by atoms with Crippen LogP contribution in [0.25, 0.3) is 0 Å². The number of piperidine rings is 2. The minimum absolute atomic E-state index is 0.0612. The zero-order chi connectivity index (χ0) is 15.2. The minimum Gasteiger partial charge on any atom is -0.351 e. The minimum atomic E-state index is 0.0612. The largest absolute Gasteiger partial charge is 0.351 e. The van der Waals surface area contributed by atoms with Crippen LogP contribution < -0.4 is 10.6 Å². The molecule has 2 atom stereocenters. The van der Waals surface area contributed by atoms with Gasteiger partial charge in [0.2, 0.25) is 0 Å². The van der Waals surface area contributed by atoms with E-state index in [1.807, 2.05) is 17.5 Å². The Kier molecular flexibility index (Phi) is 5.87.